The molecule has 1 amide bonds. The van der Waals surface area contributed by atoms with Crippen molar-refractivity contribution >= 4 is 29.9 Å². The lowest BCUT2D eigenvalue weighted by Gasteiger charge is -2.34. The number of carbonyl (C=O) groups excluding carboxylic acids is 1. The SMILES string of the molecule is CCC1COCCN1CCNC(=O)CCl.Cl. The summed E-state index contributed by atoms with van der Waals surface area (Å²) in [6.07, 6.45) is 1.09. The zero-order valence-corrected chi connectivity index (χ0v) is 11.1. The van der Waals surface area contributed by atoms with Crippen LogP contribution in [0.3, 0.4) is 0 Å². The second-order valence-electron chi connectivity index (χ2n) is 3.66. The van der Waals surface area contributed by atoms with Crippen LogP contribution in [0.4, 0.5) is 0 Å². The van der Waals surface area contributed by atoms with E-state index >= 15 is 0 Å². The fourth-order valence-electron chi connectivity index (χ4n) is 1.75. The van der Waals surface area contributed by atoms with Crippen molar-refractivity contribution in [2.75, 3.05) is 38.7 Å². The summed E-state index contributed by atoms with van der Waals surface area (Å²) in [6.45, 7) is 6.26. The molecule has 0 saturated carbocycles. The summed E-state index contributed by atoms with van der Waals surface area (Å²) >= 11 is 5.38. The predicted octanol–water partition coefficient (Wildman–Crippen LogP) is 0.874. The van der Waals surface area contributed by atoms with E-state index in [1.165, 1.54) is 0 Å². The lowest BCUT2D eigenvalue weighted by molar-refractivity contribution is -0.118. The van der Waals surface area contributed by atoms with Crippen LogP contribution in [0, 0.1) is 0 Å². The van der Waals surface area contributed by atoms with Gasteiger partial charge in [-0.25, -0.2) is 0 Å². The molecule has 0 aromatic heterocycles. The highest BCUT2D eigenvalue weighted by Gasteiger charge is 2.20. The number of morpholine rings is 1. The molecule has 1 heterocycles. The topological polar surface area (TPSA) is 41.6 Å². The lowest BCUT2D eigenvalue weighted by atomic mass is 10.2. The molecule has 1 rings (SSSR count). The average molecular weight is 271 g/mol. The van der Waals surface area contributed by atoms with Crippen LogP contribution in [0.5, 0.6) is 0 Å². The van der Waals surface area contributed by atoms with Gasteiger partial charge in [0.15, 0.2) is 0 Å². The van der Waals surface area contributed by atoms with Crippen molar-refractivity contribution in [3.05, 3.63) is 0 Å². The Kier molecular flexibility index (Phi) is 9.03. The van der Waals surface area contributed by atoms with E-state index in [-0.39, 0.29) is 24.2 Å². The maximum Gasteiger partial charge on any atom is 0.234 e. The van der Waals surface area contributed by atoms with E-state index in [1.54, 1.807) is 0 Å². The Hall–Kier alpha value is -0.0300. The van der Waals surface area contributed by atoms with Crippen molar-refractivity contribution in [2.24, 2.45) is 0 Å². The van der Waals surface area contributed by atoms with Crippen molar-refractivity contribution in [1.82, 2.24) is 10.2 Å². The first-order valence-corrected chi connectivity index (χ1v) is 5.95. The van der Waals surface area contributed by atoms with Gasteiger partial charge >= 0.3 is 0 Å². The molecule has 4 nitrogen and oxygen atoms in total. The Labute approximate surface area is 108 Å². The third-order valence-electron chi connectivity index (χ3n) is 2.66. The number of rotatable bonds is 5. The van der Waals surface area contributed by atoms with Gasteiger partial charge in [-0.2, -0.15) is 0 Å². The standard InChI is InChI=1S/C10H19ClN2O2.ClH/c1-2-9-8-15-6-5-13(9)4-3-12-10(14)7-11;/h9H,2-8H2,1H3,(H,12,14);1H. The molecule has 0 spiro atoms. The van der Waals surface area contributed by atoms with Gasteiger partial charge in [-0.1, -0.05) is 6.92 Å². The molecular formula is C10H20Cl2N2O2. The third-order valence-corrected chi connectivity index (χ3v) is 2.91. The van der Waals surface area contributed by atoms with Crippen molar-refractivity contribution in [3.63, 3.8) is 0 Å². The summed E-state index contributed by atoms with van der Waals surface area (Å²) in [5.74, 6) is -0.0571. The lowest BCUT2D eigenvalue weighted by Crippen LogP contribution is -2.48. The number of carbonyl (C=O) groups is 1. The van der Waals surface area contributed by atoms with Crippen molar-refractivity contribution in [3.8, 4) is 0 Å². The Bertz CT molecular complexity index is 205. The number of hydrogen-bond acceptors (Lipinski definition) is 3. The van der Waals surface area contributed by atoms with Gasteiger partial charge in [0.25, 0.3) is 0 Å². The summed E-state index contributed by atoms with van der Waals surface area (Å²) in [4.78, 5) is 13.3. The predicted molar refractivity (Wildman–Crippen MR) is 67.4 cm³/mol. The van der Waals surface area contributed by atoms with Gasteiger partial charge in [0.2, 0.25) is 5.91 Å². The van der Waals surface area contributed by atoms with E-state index in [0.717, 1.165) is 32.7 Å². The second-order valence-corrected chi connectivity index (χ2v) is 3.92. The van der Waals surface area contributed by atoms with Gasteiger partial charge in [0.05, 0.1) is 13.2 Å². The van der Waals surface area contributed by atoms with Crippen LogP contribution in [-0.2, 0) is 9.53 Å². The van der Waals surface area contributed by atoms with Crippen LogP contribution in [0.1, 0.15) is 13.3 Å². The molecule has 96 valence electrons. The molecule has 1 fully saturated rings. The number of hydrogen-bond donors (Lipinski definition) is 1. The Balaban J connectivity index is 0.00000225. The minimum atomic E-state index is -0.0991. The van der Waals surface area contributed by atoms with Gasteiger partial charge in [0.1, 0.15) is 5.88 Å². The zero-order chi connectivity index (χ0) is 11.1. The summed E-state index contributed by atoms with van der Waals surface area (Å²) in [6, 6.07) is 0.492. The van der Waals surface area contributed by atoms with E-state index in [0.29, 0.717) is 12.6 Å². The number of halogens is 2. The van der Waals surface area contributed by atoms with E-state index in [2.05, 4.69) is 17.1 Å². The molecule has 0 aromatic carbocycles. The smallest absolute Gasteiger partial charge is 0.234 e. The molecule has 6 heteroatoms. The highest BCUT2D eigenvalue weighted by molar-refractivity contribution is 6.27. The third kappa shape index (κ3) is 5.34. The second kappa shape index (κ2) is 9.05. The molecule has 0 radical (unpaired) electrons. The van der Waals surface area contributed by atoms with Crippen LogP contribution in [0.25, 0.3) is 0 Å². The van der Waals surface area contributed by atoms with Gasteiger partial charge in [-0.3, -0.25) is 9.69 Å². The minimum absolute atomic E-state index is 0. The summed E-state index contributed by atoms with van der Waals surface area (Å²) < 4.78 is 5.40. The van der Waals surface area contributed by atoms with Crippen molar-refractivity contribution in [2.45, 2.75) is 19.4 Å². The molecule has 1 unspecified atom stereocenters. The van der Waals surface area contributed by atoms with Crippen LogP contribution < -0.4 is 5.32 Å². The van der Waals surface area contributed by atoms with Gasteiger partial charge in [0, 0.05) is 25.7 Å². The van der Waals surface area contributed by atoms with Gasteiger partial charge in [-0.15, -0.1) is 24.0 Å². The number of nitrogens with one attached hydrogen (secondary N) is 1. The molecule has 1 atom stereocenters. The van der Waals surface area contributed by atoms with Crippen LogP contribution in [-0.4, -0.2) is 55.6 Å². The molecule has 0 bridgehead atoms. The zero-order valence-electron chi connectivity index (χ0n) is 9.58. The Morgan fingerprint density at radius 1 is 1.62 bits per heavy atom. The summed E-state index contributed by atoms with van der Waals surface area (Å²) in [5, 5.41) is 2.77. The Morgan fingerprint density at radius 3 is 3.00 bits per heavy atom. The molecular weight excluding hydrogens is 251 g/mol. The van der Waals surface area contributed by atoms with Crippen LogP contribution in [0.15, 0.2) is 0 Å². The van der Waals surface area contributed by atoms with Crippen molar-refractivity contribution in [1.29, 1.82) is 0 Å². The molecule has 1 aliphatic heterocycles. The minimum Gasteiger partial charge on any atom is -0.378 e. The van der Waals surface area contributed by atoms with Gasteiger partial charge in [-0.05, 0) is 6.42 Å². The maximum atomic E-state index is 10.9. The number of ether oxygens (including phenoxy) is 1. The van der Waals surface area contributed by atoms with Crippen LogP contribution >= 0.6 is 24.0 Å². The monoisotopic (exact) mass is 270 g/mol. The largest absolute Gasteiger partial charge is 0.378 e. The fourth-order valence-corrected chi connectivity index (χ4v) is 1.84. The molecule has 1 N–H and O–H groups in total. The van der Waals surface area contributed by atoms with Gasteiger partial charge < -0.3 is 10.1 Å². The first kappa shape index (κ1) is 16.0. The number of nitrogens with zero attached hydrogens (tertiary/aromatic N) is 1. The fraction of sp³-hybridized carbons (Fsp3) is 0.900. The highest BCUT2D eigenvalue weighted by Crippen LogP contribution is 2.08. The van der Waals surface area contributed by atoms with Crippen molar-refractivity contribution < 1.29 is 9.53 Å². The molecule has 1 aliphatic rings. The highest BCUT2D eigenvalue weighted by atomic mass is 35.5. The summed E-state index contributed by atoms with van der Waals surface area (Å²) in [5.41, 5.74) is 0. The first-order valence-electron chi connectivity index (χ1n) is 5.42. The quantitative estimate of drug-likeness (QED) is 0.755. The molecule has 16 heavy (non-hydrogen) atoms. The maximum absolute atomic E-state index is 10.9. The van der Waals surface area contributed by atoms with E-state index in [4.69, 9.17) is 16.3 Å². The van der Waals surface area contributed by atoms with E-state index in [9.17, 15) is 4.79 Å². The molecule has 1 saturated heterocycles. The average Bonchev–Trinajstić information content (AvgIpc) is 2.29. The van der Waals surface area contributed by atoms with Crippen LogP contribution in [0.2, 0.25) is 0 Å². The number of amides is 1. The first-order chi connectivity index (χ1) is 7.27. The Morgan fingerprint density at radius 2 is 2.38 bits per heavy atom. The van der Waals surface area contributed by atoms with E-state index < -0.39 is 0 Å². The molecule has 0 aromatic rings. The number of alkyl halides is 1. The molecule has 0 aliphatic carbocycles. The normalized spacial score (nSPS) is 21.2. The van der Waals surface area contributed by atoms with E-state index in [1.807, 2.05) is 0 Å². The summed E-state index contributed by atoms with van der Waals surface area (Å²) in [7, 11) is 0.